The van der Waals surface area contributed by atoms with Crippen molar-refractivity contribution in [2.75, 3.05) is 40.6 Å². The van der Waals surface area contributed by atoms with Gasteiger partial charge in [0.15, 0.2) is 11.5 Å². The van der Waals surface area contributed by atoms with Crippen molar-refractivity contribution in [2.24, 2.45) is 0 Å². The van der Waals surface area contributed by atoms with E-state index < -0.39 is 17.7 Å². The number of benzene rings is 2. The molecule has 3 rings (SSSR count). The van der Waals surface area contributed by atoms with E-state index >= 15 is 0 Å². The largest absolute Gasteiger partial charge is 0.507 e. The zero-order valence-electron chi connectivity index (χ0n) is 22.1. The smallest absolute Gasteiger partial charge is 0.295 e. The molecule has 0 aromatic heterocycles. The highest BCUT2D eigenvalue weighted by Crippen LogP contribution is 2.42. The number of likely N-dealkylation sites (tertiary alicyclic amines) is 1. The molecule has 1 amide bonds. The standard InChI is InChI=1S/C29H37NO7/c1-5-7-8-17-37-23-14-13-20(19-24(23)35-4)26-25(28(32)29(33)30(26)15-10-16-34-3)27(31)21-11-9-12-22(18-21)36-6-2/h9,11-14,18-19,26,31H,5-8,10,15-17H2,1-4H3/b27-25+. The van der Waals surface area contributed by atoms with Crippen LogP contribution in [-0.2, 0) is 14.3 Å². The lowest BCUT2D eigenvalue weighted by Gasteiger charge is -2.26. The van der Waals surface area contributed by atoms with Gasteiger partial charge in [-0.05, 0) is 49.6 Å². The summed E-state index contributed by atoms with van der Waals surface area (Å²) < 4.78 is 22.2. The SMILES string of the molecule is CCCCCOc1ccc(C2/C(=C(\O)c3cccc(OCC)c3)C(=O)C(=O)N2CCCOC)cc1OC. The molecule has 200 valence electrons. The Labute approximate surface area is 218 Å². The molecule has 1 unspecified atom stereocenters. The van der Waals surface area contributed by atoms with E-state index in [1.807, 2.05) is 6.92 Å². The monoisotopic (exact) mass is 511 g/mol. The normalized spacial score (nSPS) is 16.8. The summed E-state index contributed by atoms with van der Waals surface area (Å²) in [5.41, 5.74) is 1.06. The molecule has 0 aliphatic carbocycles. The number of Topliss-reactive ketones (excluding diaryl/α,β-unsaturated/α-hetero) is 1. The number of methoxy groups -OCH3 is 2. The lowest BCUT2D eigenvalue weighted by molar-refractivity contribution is -0.140. The Morgan fingerprint density at radius 3 is 2.46 bits per heavy atom. The van der Waals surface area contributed by atoms with Crippen LogP contribution in [0.5, 0.6) is 17.2 Å². The number of nitrogens with zero attached hydrogens (tertiary/aromatic N) is 1. The highest BCUT2D eigenvalue weighted by molar-refractivity contribution is 6.46. The Morgan fingerprint density at radius 2 is 1.76 bits per heavy atom. The van der Waals surface area contributed by atoms with E-state index in [1.165, 1.54) is 4.90 Å². The van der Waals surface area contributed by atoms with Gasteiger partial charge in [0.2, 0.25) is 0 Å². The summed E-state index contributed by atoms with van der Waals surface area (Å²) in [6.07, 6.45) is 3.63. The van der Waals surface area contributed by atoms with E-state index in [-0.39, 0.29) is 17.9 Å². The third-order valence-electron chi connectivity index (χ3n) is 6.21. The number of ketones is 1. The molecule has 2 aromatic rings. The van der Waals surface area contributed by atoms with Crippen molar-refractivity contribution in [1.29, 1.82) is 0 Å². The van der Waals surface area contributed by atoms with Crippen LogP contribution in [0.25, 0.3) is 5.76 Å². The number of hydrogen-bond donors (Lipinski definition) is 1. The van der Waals surface area contributed by atoms with Crippen molar-refractivity contribution in [1.82, 2.24) is 4.90 Å². The van der Waals surface area contributed by atoms with E-state index in [2.05, 4.69) is 6.92 Å². The minimum atomic E-state index is -0.796. The first-order chi connectivity index (χ1) is 18.0. The van der Waals surface area contributed by atoms with Gasteiger partial charge in [-0.3, -0.25) is 9.59 Å². The van der Waals surface area contributed by atoms with Crippen molar-refractivity contribution in [2.45, 2.75) is 45.6 Å². The average Bonchev–Trinajstić information content (AvgIpc) is 3.16. The summed E-state index contributed by atoms with van der Waals surface area (Å²) >= 11 is 0. The number of unbranched alkanes of at least 4 members (excludes halogenated alkanes) is 2. The summed E-state index contributed by atoms with van der Waals surface area (Å²) in [4.78, 5) is 27.9. The highest BCUT2D eigenvalue weighted by Gasteiger charge is 2.46. The predicted octanol–water partition coefficient (Wildman–Crippen LogP) is 5.12. The molecule has 0 spiro atoms. The van der Waals surface area contributed by atoms with Gasteiger partial charge in [-0.15, -0.1) is 0 Å². The molecular weight excluding hydrogens is 474 g/mol. The minimum absolute atomic E-state index is 0.0229. The molecule has 0 saturated carbocycles. The average molecular weight is 512 g/mol. The Bertz CT molecular complexity index is 1110. The van der Waals surface area contributed by atoms with Gasteiger partial charge in [0.1, 0.15) is 11.5 Å². The van der Waals surface area contributed by atoms with Gasteiger partial charge < -0.3 is 29.0 Å². The fourth-order valence-corrected chi connectivity index (χ4v) is 4.40. The van der Waals surface area contributed by atoms with Crippen LogP contribution < -0.4 is 14.2 Å². The Kier molecular flexibility index (Phi) is 10.4. The number of aliphatic hydroxyl groups excluding tert-OH is 1. The van der Waals surface area contributed by atoms with Crippen LogP contribution in [0.15, 0.2) is 48.0 Å². The molecule has 1 heterocycles. The van der Waals surface area contributed by atoms with E-state index in [4.69, 9.17) is 18.9 Å². The van der Waals surface area contributed by atoms with E-state index in [1.54, 1.807) is 56.7 Å². The molecule has 8 nitrogen and oxygen atoms in total. The molecule has 1 aliphatic rings. The number of carbonyl (C=O) groups excluding carboxylic acids is 2. The molecule has 0 bridgehead atoms. The van der Waals surface area contributed by atoms with E-state index in [0.717, 1.165) is 19.3 Å². The first-order valence-corrected chi connectivity index (χ1v) is 12.8. The zero-order chi connectivity index (χ0) is 26.8. The second-order valence-electron chi connectivity index (χ2n) is 8.77. The molecule has 8 heteroatoms. The molecular formula is C29H37NO7. The topological polar surface area (TPSA) is 94.5 Å². The second kappa shape index (κ2) is 13.7. The van der Waals surface area contributed by atoms with Crippen LogP contribution in [0.3, 0.4) is 0 Å². The number of ether oxygens (including phenoxy) is 4. The van der Waals surface area contributed by atoms with Gasteiger partial charge in [-0.2, -0.15) is 0 Å². The fourth-order valence-electron chi connectivity index (χ4n) is 4.40. The molecule has 1 atom stereocenters. The number of hydrogen-bond acceptors (Lipinski definition) is 7. The Hall–Kier alpha value is -3.52. The van der Waals surface area contributed by atoms with Crippen molar-refractivity contribution < 1.29 is 33.6 Å². The summed E-state index contributed by atoms with van der Waals surface area (Å²) in [7, 11) is 3.13. The van der Waals surface area contributed by atoms with Crippen molar-refractivity contribution in [3.8, 4) is 17.2 Å². The molecule has 0 radical (unpaired) electrons. The van der Waals surface area contributed by atoms with Crippen LogP contribution in [0.1, 0.15) is 56.7 Å². The van der Waals surface area contributed by atoms with Crippen molar-refractivity contribution >= 4 is 17.4 Å². The maximum Gasteiger partial charge on any atom is 0.295 e. The van der Waals surface area contributed by atoms with Crippen LogP contribution in [0.4, 0.5) is 0 Å². The summed E-state index contributed by atoms with van der Waals surface area (Å²) in [6, 6.07) is 11.4. The van der Waals surface area contributed by atoms with Crippen LogP contribution >= 0.6 is 0 Å². The van der Waals surface area contributed by atoms with Crippen molar-refractivity contribution in [3.05, 3.63) is 59.2 Å². The lowest BCUT2D eigenvalue weighted by Crippen LogP contribution is -2.31. The number of rotatable bonds is 14. The third kappa shape index (κ3) is 6.63. The summed E-state index contributed by atoms with van der Waals surface area (Å²) in [5, 5.41) is 11.3. The number of carbonyl (C=O) groups is 2. The van der Waals surface area contributed by atoms with E-state index in [9.17, 15) is 14.7 Å². The Morgan fingerprint density at radius 1 is 0.946 bits per heavy atom. The van der Waals surface area contributed by atoms with Gasteiger partial charge in [-0.25, -0.2) is 0 Å². The maximum absolute atomic E-state index is 13.3. The summed E-state index contributed by atoms with van der Waals surface area (Å²) in [6.45, 7) is 5.74. The van der Waals surface area contributed by atoms with Gasteiger partial charge in [0, 0.05) is 25.8 Å². The van der Waals surface area contributed by atoms with E-state index in [0.29, 0.717) is 54.6 Å². The maximum atomic E-state index is 13.3. The molecule has 2 aromatic carbocycles. The molecule has 37 heavy (non-hydrogen) atoms. The van der Waals surface area contributed by atoms with Crippen LogP contribution in [-0.4, -0.2) is 62.3 Å². The second-order valence-corrected chi connectivity index (χ2v) is 8.77. The third-order valence-corrected chi connectivity index (χ3v) is 6.21. The highest BCUT2D eigenvalue weighted by atomic mass is 16.5. The van der Waals surface area contributed by atoms with Crippen molar-refractivity contribution in [3.63, 3.8) is 0 Å². The number of amides is 1. The van der Waals surface area contributed by atoms with Gasteiger partial charge in [0.25, 0.3) is 11.7 Å². The molecule has 1 saturated heterocycles. The first kappa shape index (κ1) is 28.1. The van der Waals surface area contributed by atoms with Crippen LogP contribution in [0.2, 0.25) is 0 Å². The lowest BCUT2D eigenvalue weighted by atomic mass is 9.95. The fraction of sp³-hybridized carbons (Fsp3) is 0.448. The minimum Gasteiger partial charge on any atom is -0.507 e. The van der Waals surface area contributed by atoms with Gasteiger partial charge in [-0.1, -0.05) is 38.0 Å². The zero-order valence-corrected chi connectivity index (χ0v) is 22.1. The first-order valence-electron chi connectivity index (χ1n) is 12.8. The van der Waals surface area contributed by atoms with Crippen LogP contribution in [0, 0.1) is 0 Å². The quantitative estimate of drug-likeness (QED) is 0.163. The molecule has 1 fully saturated rings. The van der Waals surface area contributed by atoms with Gasteiger partial charge >= 0.3 is 0 Å². The number of aliphatic hydroxyl groups is 1. The Balaban J connectivity index is 2.06. The molecule has 1 aliphatic heterocycles. The predicted molar refractivity (Wildman–Crippen MR) is 141 cm³/mol. The summed E-state index contributed by atoms with van der Waals surface area (Å²) in [5.74, 6) is -0.0114. The van der Waals surface area contributed by atoms with Gasteiger partial charge in [0.05, 0.1) is 31.9 Å². The molecule has 1 N–H and O–H groups in total.